The Balaban J connectivity index is 3.97. The van der Waals surface area contributed by atoms with Crippen molar-refractivity contribution in [3.8, 4) is 0 Å². The van der Waals surface area contributed by atoms with Gasteiger partial charge in [0, 0.05) is 20.1 Å². The smallest absolute Gasteiger partial charge is 0.410 e. The number of amides is 1. The number of carbonyl (C=O) groups excluding carboxylic acids is 1. The van der Waals surface area contributed by atoms with Gasteiger partial charge in [-0.25, -0.2) is 4.79 Å². The number of likely N-dealkylation sites (N-methyl/N-ethyl adjacent to an activating group) is 2. The maximum atomic E-state index is 11.6. The zero-order valence-corrected chi connectivity index (χ0v) is 11.9. The van der Waals surface area contributed by atoms with Crippen molar-refractivity contribution in [2.45, 2.75) is 26.4 Å². The van der Waals surface area contributed by atoms with Crippen LogP contribution in [0.3, 0.4) is 0 Å². The number of ether oxygens (including phenoxy) is 1. The molecule has 7 heteroatoms. The summed E-state index contributed by atoms with van der Waals surface area (Å²) in [6.45, 7) is 6.29. The van der Waals surface area contributed by atoms with Gasteiger partial charge in [0.15, 0.2) is 0 Å². The standard InChI is InChI=1S/C10H22N2O4S/c1-10(2,3)16-9(13)12(5)7-6-11(4)8-17(14)15/h6-8H2,1-5H3,(H,14,15)/p-1. The first kappa shape index (κ1) is 16.3. The number of rotatable bonds is 5. The summed E-state index contributed by atoms with van der Waals surface area (Å²) in [7, 11) is 3.30. The second-order valence-electron chi connectivity index (χ2n) is 4.91. The first-order chi connectivity index (χ1) is 7.61. The first-order valence-electron chi connectivity index (χ1n) is 5.30. The van der Waals surface area contributed by atoms with Crippen LogP contribution in [0.25, 0.3) is 0 Å². The molecule has 0 aliphatic rings. The Morgan fingerprint density at radius 2 is 1.82 bits per heavy atom. The van der Waals surface area contributed by atoms with E-state index in [4.69, 9.17) is 4.74 Å². The number of carbonyl (C=O) groups is 1. The molecule has 0 aromatic heterocycles. The van der Waals surface area contributed by atoms with Crippen LogP contribution in [0.15, 0.2) is 0 Å². The molecule has 0 spiro atoms. The molecule has 1 atom stereocenters. The minimum absolute atomic E-state index is 0.0395. The number of nitrogens with zero attached hydrogens (tertiary/aromatic N) is 2. The third-order valence-corrected chi connectivity index (χ3v) is 2.50. The quantitative estimate of drug-likeness (QED) is 0.681. The zero-order valence-electron chi connectivity index (χ0n) is 11.1. The zero-order chi connectivity index (χ0) is 13.6. The molecular weight excluding hydrogens is 244 g/mol. The van der Waals surface area contributed by atoms with Crippen LogP contribution in [0.5, 0.6) is 0 Å². The Bertz CT molecular complexity index is 278. The van der Waals surface area contributed by atoms with Gasteiger partial charge in [0.05, 0.1) is 5.88 Å². The number of hydrogen-bond donors (Lipinski definition) is 0. The average molecular weight is 265 g/mol. The molecule has 0 rings (SSSR count). The largest absolute Gasteiger partial charge is 0.771 e. The van der Waals surface area contributed by atoms with Crippen molar-refractivity contribution in [1.29, 1.82) is 0 Å². The van der Waals surface area contributed by atoms with Crippen molar-refractivity contribution in [3.05, 3.63) is 0 Å². The van der Waals surface area contributed by atoms with Crippen LogP contribution in [0.1, 0.15) is 20.8 Å². The fourth-order valence-electron chi connectivity index (χ4n) is 0.996. The van der Waals surface area contributed by atoms with E-state index in [0.29, 0.717) is 13.1 Å². The van der Waals surface area contributed by atoms with Crippen LogP contribution < -0.4 is 0 Å². The molecular formula is C10H21N2O4S-. The molecule has 0 fully saturated rings. The molecule has 1 unspecified atom stereocenters. The molecule has 0 aromatic rings. The molecule has 17 heavy (non-hydrogen) atoms. The van der Waals surface area contributed by atoms with Crippen LogP contribution in [0.2, 0.25) is 0 Å². The second-order valence-corrected chi connectivity index (χ2v) is 5.78. The van der Waals surface area contributed by atoms with Gasteiger partial charge < -0.3 is 14.2 Å². The Kier molecular flexibility index (Phi) is 6.66. The predicted octanol–water partition coefficient (Wildman–Crippen LogP) is 0.622. The molecule has 0 N–H and O–H groups in total. The van der Waals surface area contributed by atoms with Gasteiger partial charge in [0.1, 0.15) is 5.60 Å². The van der Waals surface area contributed by atoms with Crippen LogP contribution in [0, 0.1) is 0 Å². The molecule has 0 saturated heterocycles. The fraction of sp³-hybridized carbons (Fsp3) is 0.900. The topological polar surface area (TPSA) is 72.9 Å². The maximum absolute atomic E-state index is 11.6. The SMILES string of the molecule is CN(CCN(C)C(=O)OC(C)(C)C)CS(=O)[O-]. The Labute approximate surface area is 105 Å². The molecule has 0 radical (unpaired) electrons. The summed E-state index contributed by atoms with van der Waals surface area (Å²) in [5.74, 6) is -0.0395. The van der Waals surface area contributed by atoms with Crippen LogP contribution in [-0.4, -0.2) is 63.3 Å². The summed E-state index contributed by atoms with van der Waals surface area (Å²) < 4.78 is 26.0. The van der Waals surface area contributed by atoms with Gasteiger partial charge in [0.25, 0.3) is 0 Å². The van der Waals surface area contributed by atoms with Crippen molar-refractivity contribution >= 4 is 17.2 Å². The van der Waals surface area contributed by atoms with E-state index in [-0.39, 0.29) is 5.88 Å². The van der Waals surface area contributed by atoms with Gasteiger partial charge >= 0.3 is 6.09 Å². The molecule has 0 bridgehead atoms. The van der Waals surface area contributed by atoms with Crippen molar-refractivity contribution in [3.63, 3.8) is 0 Å². The van der Waals surface area contributed by atoms with E-state index in [1.54, 1.807) is 39.8 Å². The van der Waals surface area contributed by atoms with Crippen molar-refractivity contribution in [2.75, 3.05) is 33.1 Å². The first-order valence-corrected chi connectivity index (χ1v) is 6.55. The van der Waals surface area contributed by atoms with Crippen LogP contribution in [0.4, 0.5) is 4.79 Å². The van der Waals surface area contributed by atoms with Gasteiger partial charge in [-0.3, -0.25) is 9.11 Å². The van der Waals surface area contributed by atoms with E-state index in [0.717, 1.165) is 0 Å². The lowest BCUT2D eigenvalue weighted by Gasteiger charge is -2.26. The summed E-state index contributed by atoms with van der Waals surface area (Å²) >= 11 is -2.10. The van der Waals surface area contributed by atoms with E-state index in [1.807, 2.05) is 0 Å². The summed E-state index contributed by atoms with van der Waals surface area (Å²) in [6, 6.07) is 0. The minimum Gasteiger partial charge on any atom is -0.771 e. The number of hydrogen-bond acceptors (Lipinski definition) is 5. The molecule has 0 aliphatic carbocycles. The van der Waals surface area contributed by atoms with Crippen molar-refractivity contribution in [2.24, 2.45) is 0 Å². The summed E-state index contributed by atoms with van der Waals surface area (Å²) in [5, 5.41) is 0. The fourth-order valence-corrected chi connectivity index (χ4v) is 1.49. The average Bonchev–Trinajstić information content (AvgIpc) is 2.10. The second kappa shape index (κ2) is 6.93. The Hall–Kier alpha value is -0.660. The monoisotopic (exact) mass is 265 g/mol. The normalized spacial score (nSPS) is 13.6. The Morgan fingerprint density at radius 1 is 1.29 bits per heavy atom. The van der Waals surface area contributed by atoms with Gasteiger partial charge in [-0.05, 0) is 38.9 Å². The minimum atomic E-state index is -2.10. The van der Waals surface area contributed by atoms with E-state index >= 15 is 0 Å². The van der Waals surface area contributed by atoms with E-state index < -0.39 is 22.8 Å². The molecule has 0 heterocycles. The molecule has 0 aromatic carbocycles. The maximum Gasteiger partial charge on any atom is 0.410 e. The molecule has 6 nitrogen and oxygen atoms in total. The lowest BCUT2D eigenvalue weighted by molar-refractivity contribution is 0.0289. The van der Waals surface area contributed by atoms with Crippen molar-refractivity contribution in [1.82, 2.24) is 9.80 Å². The summed E-state index contributed by atoms with van der Waals surface area (Å²) in [6.07, 6.45) is -0.408. The highest BCUT2D eigenvalue weighted by Crippen LogP contribution is 2.08. The highest BCUT2D eigenvalue weighted by molar-refractivity contribution is 7.79. The molecule has 102 valence electrons. The third kappa shape index (κ3) is 9.08. The highest BCUT2D eigenvalue weighted by atomic mass is 32.2. The summed E-state index contributed by atoms with van der Waals surface area (Å²) in [5.41, 5.74) is -0.520. The van der Waals surface area contributed by atoms with E-state index in [9.17, 15) is 13.6 Å². The highest BCUT2D eigenvalue weighted by Gasteiger charge is 2.19. The predicted molar refractivity (Wildman–Crippen MR) is 65.3 cm³/mol. The van der Waals surface area contributed by atoms with Gasteiger partial charge in [-0.2, -0.15) is 0 Å². The third-order valence-electron chi connectivity index (χ3n) is 1.85. The van der Waals surface area contributed by atoms with Gasteiger partial charge in [-0.1, -0.05) is 0 Å². The lowest BCUT2D eigenvalue weighted by atomic mass is 10.2. The van der Waals surface area contributed by atoms with Gasteiger partial charge in [-0.15, -0.1) is 0 Å². The van der Waals surface area contributed by atoms with E-state index in [1.165, 1.54) is 4.90 Å². The summed E-state index contributed by atoms with van der Waals surface area (Å²) in [4.78, 5) is 14.6. The van der Waals surface area contributed by atoms with Gasteiger partial charge in [0.2, 0.25) is 0 Å². The van der Waals surface area contributed by atoms with Crippen molar-refractivity contribution < 1.29 is 18.3 Å². The lowest BCUT2D eigenvalue weighted by Crippen LogP contribution is -2.39. The molecule has 1 amide bonds. The van der Waals surface area contributed by atoms with Crippen LogP contribution >= 0.6 is 0 Å². The van der Waals surface area contributed by atoms with Crippen LogP contribution in [-0.2, 0) is 15.8 Å². The Morgan fingerprint density at radius 3 is 2.24 bits per heavy atom. The molecule has 0 saturated carbocycles. The van der Waals surface area contributed by atoms with E-state index in [2.05, 4.69) is 0 Å². The molecule has 0 aliphatic heterocycles.